The number of hydrogen-bond acceptors (Lipinski definition) is 5. The first-order valence-electron chi connectivity index (χ1n) is 8.79. The number of carbonyl (C=O) groups excluding carboxylic acids is 2. The zero-order valence-electron chi connectivity index (χ0n) is 15.6. The zero-order valence-corrected chi connectivity index (χ0v) is 15.6. The average molecular weight is 376 g/mol. The van der Waals surface area contributed by atoms with Crippen LogP contribution in [0.25, 0.3) is 11.1 Å². The first-order valence-corrected chi connectivity index (χ1v) is 8.79. The summed E-state index contributed by atoms with van der Waals surface area (Å²) in [7, 11) is 1.27. The van der Waals surface area contributed by atoms with Gasteiger partial charge in [0.25, 0.3) is 0 Å². The van der Waals surface area contributed by atoms with Crippen LogP contribution in [-0.4, -0.2) is 25.2 Å². The molecule has 3 rings (SSSR count). The number of esters is 2. The highest BCUT2D eigenvalue weighted by atomic mass is 16.6. The highest BCUT2D eigenvalue weighted by Gasteiger charge is 2.21. The molecule has 1 atom stereocenters. The summed E-state index contributed by atoms with van der Waals surface area (Å²) >= 11 is 0. The molecule has 0 amide bonds. The average Bonchev–Trinajstić information content (AvgIpc) is 2.74. The molecule has 0 radical (unpaired) electrons. The second kappa shape index (κ2) is 8.86. The van der Waals surface area contributed by atoms with Gasteiger partial charge in [-0.25, -0.2) is 9.59 Å². The van der Waals surface area contributed by atoms with Crippen molar-refractivity contribution in [3.63, 3.8) is 0 Å². The Labute approximate surface area is 163 Å². The number of hydrogen-bond donors (Lipinski definition) is 0. The van der Waals surface area contributed by atoms with Crippen molar-refractivity contribution in [2.45, 2.75) is 13.0 Å². The molecular formula is C23H20O5. The number of benzene rings is 3. The SMILES string of the molecule is COC(=O)c1ccccc1OC(=O)C(C)Oc1ccc(-c2ccccc2)cc1. The third-order valence-electron chi connectivity index (χ3n) is 4.11. The highest BCUT2D eigenvalue weighted by Crippen LogP contribution is 2.23. The Kier molecular flexibility index (Phi) is 6.07. The van der Waals surface area contributed by atoms with Crippen LogP contribution in [0.4, 0.5) is 0 Å². The lowest BCUT2D eigenvalue weighted by Crippen LogP contribution is -2.29. The summed E-state index contributed by atoms with van der Waals surface area (Å²) in [5.74, 6) is -0.503. The number of methoxy groups -OCH3 is 1. The summed E-state index contributed by atoms with van der Waals surface area (Å²) in [6.45, 7) is 1.59. The van der Waals surface area contributed by atoms with Gasteiger partial charge in [-0.05, 0) is 42.3 Å². The topological polar surface area (TPSA) is 61.8 Å². The first kappa shape index (κ1) is 19.2. The summed E-state index contributed by atoms with van der Waals surface area (Å²) in [6.07, 6.45) is -0.853. The van der Waals surface area contributed by atoms with Gasteiger partial charge in [-0.15, -0.1) is 0 Å². The Morgan fingerprint density at radius 1 is 0.786 bits per heavy atom. The quantitative estimate of drug-likeness (QED) is 0.468. The van der Waals surface area contributed by atoms with E-state index in [1.165, 1.54) is 19.2 Å². The van der Waals surface area contributed by atoms with E-state index in [0.717, 1.165) is 11.1 Å². The first-order chi connectivity index (χ1) is 13.6. The molecule has 0 aliphatic rings. The second-order valence-corrected chi connectivity index (χ2v) is 6.06. The van der Waals surface area contributed by atoms with Crippen LogP contribution in [0.2, 0.25) is 0 Å². The zero-order chi connectivity index (χ0) is 19.9. The van der Waals surface area contributed by atoms with E-state index in [1.54, 1.807) is 31.2 Å². The smallest absolute Gasteiger partial charge is 0.352 e. The molecule has 0 bridgehead atoms. The fourth-order valence-electron chi connectivity index (χ4n) is 2.63. The Morgan fingerprint density at radius 3 is 2.07 bits per heavy atom. The van der Waals surface area contributed by atoms with Gasteiger partial charge in [-0.1, -0.05) is 54.6 Å². The Morgan fingerprint density at radius 2 is 1.39 bits per heavy atom. The van der Waals surface area contributed by atoms with Crippen LogP contribution in [0.1, 0.15) is 17.3 Å². The van der Waals surface area contributed by atoms with E-state index in [-0.39, 0.29) is 11.3 Å². The molecule has 0 saturated heterocycles. The maximum atomic E-state index is 12.4. The fraction of sp³-hybridized carbons (Fsp3) is 0.130. The Bertz CT molecular complexity index is 948. The van der Waals surface area contributed by atoms with E-state index < -0.39 is 18.0 Å². The molecule has 3 aromatic rings. The summed E-state index contributed by atoms with van der Waals surface area (Å²) in [4.78, 5) is 24.1. The van der Waals surface area contributed by atoms with Gasteiger partial charge in [0, 0.05) is 0 Å². The lowest BCUT2D eigenvalue weighted by molar-refractivity contribution is -0.141. The van der Waals surface area contributed by atoms with E-state index >= 15 is 0 Å². The van der Waals surface area contributed by atoms with Gasteiger partial charge in [-0.2, -0.15) is 0 Å². The lowest BCUT2D eigenvalue weighted by Gasteiger charge is -2.15. The third-order valence-corrected chi connectivity index (χ3v) is 4.11. The molecular weight excluding hydrogens is 356 g/mol. The van der Waals surface area contributed by atoms with Gasteiger partial charge in [0.05, 0.1) is 7.11 Å². The molecule has 0 heterocycles. The molecule has 0 aliphatic heterocycles. The van der Waals surface area contributed by atoms with Gasteiger partial charge in [0.15, 0.2) is 6.10 Å². The molecule has 0 spiro atoms. The molecule has 0 N–H and O–H groups in total. The third kappa shape index (κ3) is 4.57. The van der Waals surface area contributed by atoms with Crippen LogP contribution in [-0.2, 0) is 9.53 Å². The van der Waals surface area contributed by atoms with Gasteiger partial charge < -0.3 is 14.2 Å². The van der Waals surface area contributed by atoms with Crippen LogP contribution in [0, 0.1) is 0 Å². The number of para-hydroxylation sites is 1. The summed E-state index contributed by atoms with van der Waals surface area (Å²) in [6, 6.07) is 23.8. The van der Waals surface area contributed by atoms with Gasteiger partial charge in [0.1, 0.15) is 17.1 Å². The standard InChI is InChI=1S/C23H20O5/c1-16(22(24)28-21-11-7-6-10-20(21)23(25)26-2)27-19-14-12-18(13-15-19)17-8-4-3-5-9-17/h3-16H,1-2H3. The van der Waals surface area contributed by atoms with Gasteiger partial charge in [0.2, 0.25) is 0 Å². The second-order valence-electron chi connectivity index (χ2n) is 6.06. The van der Waals surface area contributed by atoms with Crippen LogP contribution >= 0.6 is 0 Å². The van der Waals surface area contributed by atoms with Crippen LogP contribution in [0.15, 0.2) is 78.9 Å². The van der Waals surface area contributed by atoms with Crippen LogP contribution in [0.5, 0.6) is 11.5 Å². The van der Waals surface area contributed by atoms with E-state index in [1.807, 2.05) is 42.5 Å². The van der Waals surface area contributed by atoms with Crippen molar-refractivity contribution in [1.29, 1.82) is 0 Å². The predicted octanol–water partition coefficient (Wildman–Crippen LogP) is 4.51. The van der Waals surface area contributed by atoms with Crippen molar-refractivity contribution >= 4 is 11.9 Å². The monoisotopic (exact) mass is 376 g/mol. The minimum absolute atomic E-state index is 0.134. The Hall–Kier alpha value is -3.60. The number of ether oxygens (including phenoxy) is 3. The maximum absolute atomic E-state index is 12.4. The summed E-state index contributed by atoms with van der Waals surface area (Å²) in [5, 5.41) is 0. The predicted molar refractivity (Wildman–Crippen MR) is 105 cm³/mol. The molecule has 3 aromatic carbocycles. The van der Waals surface area contributed by atoms with Crippen LogP contribution < -0.4 is 9.47 Å². The van der Waals surface area contributed by atoms with Crippen molar-refractivity contribution in [2.24, 2.45) is 0 Å². The molecule has 0 aromatic heterocycles. The highest BCUT2D eigenvalue weighted by molar-refractivity contribution is 5.93. The molecule has 5 heteroatoms. The molecule has 5 nitrogen and oxygen atoms in total. The molecule has 0 saturated carbocycles. The van der Waals surface area contributed by atoms with Crippen molar-refractivity contribution in [3.8, 4) is 22.6 Å². The van der Waals surface area contributed by atoms with Crippen molar-refractivity contribution in [2.75, 3.05) is 7.11 Å². The molecule has 142 valence electrons. The van der Waals surface area contributed by atoms with Crippen molar-refractivity contribution < 1.29 is 23.8 Å². The largest absolute Gasteiger partial charge is 0.479 e. The van der Waals surface area contributed by atoms with Crippen LogP contribution in [0.3, 0.4) is 0 Å². The van der Waals surface area contributed by atoms with Crippen molar-refractivity contribution in [3.05, 3.63) is 84.4 Å². The Balaban J connectivity index is 1.66. The summed E-state index contributed by atoms with van der Waals surface area (Å²) in [5.41, 5.74) is 2.33. The van der Waals surface area contributed by atoms with E-state index in [9.17, 15) is 9.59 Å². The maximum Gasteiger partial charge on any atom is 0.352 e. The molecule has 28 heavy (non-hydrogen) atoms. The number of rotatable bonds is 6. The van der Waals surface area contributed by atoms with Gasteiger partial charge in [-0.3, -0.25) is 0 Å². The fourth-order valence-corrected chi connectivity index (χ4v) is 2.63. The van der Waals surface area contributed by atoms with E-state index in [4.69, 9.17) is 14.2 Å². The molecule has 0 fully saturated rings. The summed E-state index contributed by atoms with van der Waals surface area (Å²) < 4.78 is 15.7. The van der Waals surface area contributed by atoms with Crippen molar-refractivity contribution in [1.82, 2.24) is 0 Å². The molecule has 1 unspecified atom stereocenters. The number of carbonyl (C=O) groups is 2. The lowest BCUT2D eigenvalue weighted by atomic mass is 10.1. The molecule has 0 aliphatic carbocycles. The minimum atomic E-state index is -0.853. The minimum Gasteiger partial charge on any atom is -0.479 e. The van der Waals surface area contributed by atoms with E-state index in [2.05, 4.69) is 0 Å². The van der Waals surface area contributed by atoms with E-state index in [0.29, 0.717) is 5.75 Å². The normalized spacial score (nSPS) is 11.4. The van der Waals surface area contributed by atoms with Gasteiger partial charge >= 0.3 is 11.9 Å².